The van der Waals surface area contributed by atoms with E-state index in [0.29, 0.717) is 0 Å². The topological polar surface area (TPSA) is 89.5 Å². The Morgan fingerprint density at radius 2 is 2.00 bits per heavy atom. The highest BCUT2D eigenvalue weighted by Gasteiger charge is 2.24. The summed E-state index contributed by atoms with van der Waals surface area (Å²) in [7, 11) is -2.56. The molecule has 0 fully saturated rings. The molecule has 0 amide bonds. The van der Waals surface area contributed by atoms with E-state index in [-0.39, 0.29) is 23.3 Å². The van der Waals surface area contributed by atoms with Gasteiger partial charge < -0.3 is 4.74 Å². The number of aromatic nitrogens is 2. The van der Waals surface area contributed by atoms with Crippen molar-refractivity contribution < 1.29 is 17.9 Å². The molecule has 0 saturated carbocycles. The summed E-state index contributed by atoms with van der Waals surface area (Å²) in [6.45, 7) is 1.45. The van der Waals surface area contributed by atoms with Gasteiger partial charge in [0.1, 0.15) is 11.4 Å². The molecule has 0 aliphatic rings. The van der Waals surface area contributed by atoms with E-state index in [4.69, 9.17) is 11.6 Å². The van der Waals surface area contributed by atoms with Crippen LogP contribution in [0.25, 0.3) is 0 Å². The van der Waals surface area contributed by atoms with Crippen molar-refractivity contribution in [3.8, 4) is 0 Å². The normalized spacial score (nSPS) is 11.6. The number of hydrogen-bond acceptors (Lipinski definition) is 6. The second kappa shape index (κ2) is 6.07. The summed E-state index contributed by atoms with van der Waals surface area (Å²) in [5.41, 5.74) is 0. The van der Waals surface area contributed by atoms with Gasteiger partial charge in [-0.1, -0.05) is 0 Å². The molecule has 1 rings (SSSR count). The highest BCUT2D eigenvalue weighted by atomic mass is 35.5. The van der Waals surface area contributed by atoms with Gasteiger partial charge in [-0.3, -0.25) is 4.79 Å². The standard InChI is InChI=1S/C9H12ClN3O4S/c1-3-17-8(14)6-13(2)18(15,16)7-4-11-9(10)12-5-7/h4-5H,3,6H2,1-2H3. The average Bonchev–Trinajstić information content (AvgIpc) is 2.29. The van der Waals surface area contributed by atoms with Crippen molar-refractivity contribution in [2.75, 3.05) is 20.2 Å². The predicted molar refractivity (Wildman–Crippen MR) is 63.5 cm³/mol. The number of sulfonamides is 1. The molecule has 0 bridgehead atoms. The monoisotopic (exact) mass is 293 g/mol. The van der Waals surface area contributed by atoms with Gasteiger partial charge in [0.15, 0.2) is 0 Å². The van der Waals surface area contributed by atoms with Crippen LogP contribution in [-0.2, 0) is 19.6 Å². The second-order valence-corrected chi connectivity index (χ2v) is 5.64. The average molecular weight is 294 g/mol. The van der Waals surface area contributed by atoms with Gasteiger partial charge in [-0.2, -0.15) is 4.31 Å². The fraction of sp³-hybridized carbons (Fsp3) is 0.444. The van der Waals surface area contributed by atoms with Gasteiger partial charge in [-0.15, -0.1) is 0 Å². The van der Waals surface area contributed by atoms with Crippen LogP contribution in [0.5, 0.6) is 0 Å². The van der Waals surface area contributed by atoms with Crippen LogP contribution in [0.2, 0.25) is 5.28 Å². The van der Waals surface area contributed by atoms with Crippen LogP contribution in [0.15, 0.2) is 17.3 Å². The Hall–Kier alpha value is -1.25. The number of nitrogens with zero attached hydrogens (tertiary/aromatic N) is 3. The lowest BCUT2D eigenvalue weighted by atomic mass is 10.6. The molecule has 1 aromatic rings. The SMILES string of the molecule is CCOC(=O)CN(C)S(=O)(=O)c1cnc(Cl)nc1. The molecule has 0 unspecified atom stereocenters. The Labute approximate surface area is 110 Å². The second-order valence-electron chi connectivity index (χ2n) is 3.25. The van der Waals surface area contributed by atoms with Gasteiger partial charge in [-0.25, -0.2) is 18.4 Å². The summed E-state index contributed by atoms with van der Waals surface area (Å²) in [5.74, 6) is -0.626. The van der Waals surface area contributed by atoms with Crippen LogP contribution < -0.4 is 0 Å². The predicted octanol–water partition coefficient (Wildman–Crippen LogP) is 0.314. The molecule has 0 saturated heterocycles. The van der Waals surface area contributed by atoms with Crippen LogP contribution in [0, 0.1) is 0 Å². The molecule has 100 valence electrons. The zero-order valence-electron chi connectivity index (χ0n) is 9.83. The minimum atomic E-state index is -3.82. The Balaban J connectivity index is 2.86. The Morgan fingerprint density at radius 3 is 2.50 bits per heavy atom. The third-order valence-corrected chi connectivity index (χ3v) is 3.91. The largest absolute Gasteiger partial charge is 0.465 e. The first kappa shape index (κ1) is 14.8. The fourth-order valence-corrected chi connectivity index (χ4v) is 2.19. The first-order valence-electron chi connectivity index (χ1n) is 4.97. The van der Waals surface area contributed by atoms with E-state index in [9.17, 15) is 13.2 Å². The maximum absolute atomic E-state index is 12.0. The van der Waals surface area contributed by atoms with E-state index in [1.54, 1.807) is 6.92 Å². The van der Waals surface area contributed by atoms with E-state index in [1.807, 2.05) is 0 Å². The van der Waals surface area contributed by atoms with Crippen molar-refractivity contribution in [1.29, 1.82) is 0 Å². The number of ether oxygens (including phenoxy) is 1. The zero-order valence-corrected chi connectivity index (χ0v) is 11.4. The third-order valence-electron chi connectivity index (χ3n) is 1.96. The summed E-state index contributed by atoms with van der Waals surface area (Å²) in [5, 5.41) is -0.0537. The molecule has 0 aromatic carbocycles. The molecule has 0 aliphatic carbocycles. The number of halogens is 1. The zero-order chi connectivity index (χ0) is 13.8. The van der Waals surface area contributed by atoms with E-state index in [0.717, 1.165) is 16.7 Å². The molecule has 0 atom stereocenters. The molecule has 18 heavy (non-hydrogen) atoms. The van der Waals surface area contributed by atoms with E-state index >= 15 is 0 Å². The van der Waals surface area contributed by atoms with Crippen molar-refractivity contribution in [2.45, 2.75) is 11.8 Å². The van der Waals surface area contributed by atoms with E-state index < -0.39 is 16.0 Å². The lowest BCUT2D eigenvalue weighted by molar-refractivity contribution is -0.143. The van der Waals surface area contributed by atoms with Gasteiger partial charge >= 0.3 is 5.97 Å². The first-order valence-corrected chi connectivity index (χ1v) is 6.79. The first-order chi connectivity index (χ1) is 8.37. The number of likely N-dealkylation sites (N-methyl/N-ethyl adjacent to an activating group) is 1. The van der Waals surface area contributed by atoms with Gasteiger partial charge in [0.2, 0.25) is 15.3 Å². The molecule has 0 aliphatic heterocycles. The molecular formula is C9H12ClN3O4S. The highest BCUT2D eigenvalue weighted by molar-refractivity contribution is 7.89. The fourth-order valence-electron chi connectivity index (χ4n) is 1.09. The van der Waals surface area contributed by atoms with Gasteiger partial charge in [0, 0.05) is 7.05 Å². The van der Waals surface area contributed by atoms with Crippen molar-refractivity contribution in [2.24, 2.45) is 0 Å². The molecule has 7 nitrogen and oxygen atoms in total. The molecular weight excluding hydrogens is 282 g/mol. The molecule has 0 spiro atoms. The minimum absolute atomic E-state index is 0.0537. The quantitative estimate of drug-likeness (QED) is 0.573. The van der Waals surface area contributed by atoms with Gasteiger partial charge in [-0.05, 0) is 18.5 Å². The van der Waals surface area contributed by atoms with Crippen molar-refractivity contribution in [1.82, 2.24) is 14.3 Å². The molecule has 0 N–H and O–H groups in total. The molecule has 1 aromatic heterocycles. The van der Waals surface area contributed by atoms with Crippen LogP contribution in [0.1, 0.15) is 6.92 Å². The van der Waals surface area contributed by atoms with Crippen LogP contribution in [0.4, 0.5) is 0 Å². The van der Waals surface area contributed by atoms with Crippen molar-refractivity contribution in [3.05, 3.63) is 17.7 Å². The third kappa shape index (κ3) is 3.62. The molecule has 9 heteroatoms. The van der Waals surface area contributed by atoms with E-state index in [1.165, 1.54) is 7.05 Å². The number of hydrogen-bond donors (Lipinski definition) is 0. The molecule has 0 radical (unpaired) electrons. The molecule has 1 heterocycles. The summed E-state index contributed by atoms with van der Waals surface area (Å²) >= 11 is 5.46. The lowest BCUT2D eigenvalue weighted by Crippen LogP contribution is -2.33. The maximum Gasteiger partial charge on any atom is 0.321 e. The van der Waals surface area contributed by atoms with Crippen LogP contribution >= 0.6 is 11.6 Å². The van der Waals surface area contributed by atoms with Gasteiger partial charge in [0.25, 0.3) is 0 Å². The lowest BCUT2D eigenvalue weighted by Gasteiger charge is -2.15. The summed E-state index contributed by atoms with van der Waals surface area (Å²) in [6, 6.07) is 0. The highest BCUT2D eigenvalue weighted by Crippen LogP contribution is 2.12. The summed E-state index contributed by atoms with van der Waals surface area (Å²) in [4.78, 5) is 18.2. The number of carbonyl (C=O) groups is 1. The Kier molecular flexibility index (Phi) is 5.00. The Morgan fingerprint density at radius 1 is 1.44 bits per heavy atom. The van der Waals surface area contributed by atoms with Gasteiger partial charge in [0.05, 0.1) is 19.0 Å². The minimum Gasteiger partial charge on any atom is -0.465 e. The van der Waals surface area contributed by atoms with Crippen LogP contribution in [-0.4, -0.2) is 48.9 Å². The van der Waals surface area contributed by atoms with Crippen LogP contribution in [0.3, 0.4) is 0 Å². The van der Waals surface area contributed by atoms with Crippen molar-refractivity contribution in [3.63, 3.8) is 0 Å². The maximum atomic E-state index is 12.0. The smallest absolute Gasteiger partial charge is 0.321 e. The number of rotatable bonds is 5. The number of esters is 1. The number of carbonyl (C=O) groups excluding carboxylic acids is 1. The summed E-state index contributed by atoms with van der Waals surface area (Å²) < 4.78 is 29.5. The van der Waals surface area contributed by atoms with E-state index in [2.05, 4.69) is 14.7 Å². The van der Waals surface area contributed by atoms with Crippen molar-refractivity contribution >= 4 is 27.6 Å². The Bertz CT molecular complexity index is 517. The summed E-state index contributed by atoms with van der Waals surface area (Å²) in [6.07, 6.45) is 2.15.